The van der Waals surface area contributed by atoms with E-state index in [9.17, 15) is 1.37 Å². The highest BCUT2D eigenvalue weighted by Gasteiger charge is 2.19. The van der Waals surface area contributed by atoms with E-state index in [0.717, 1.165) is 27.5 Å². The van der Waals surface area contributed by atoms with Gasteiger partial charge >= 0.3 is 0 Å². The average molecular weight is 650 g/mol. The molecule has 0 N–H and O–H groups in total. The summed E-state index contributed by atoms with van der Waals surface area (Å²) in [6, 6.07) is 32.1. The zero-order valence-electron chi connectivity index (χ0n) is 35.2. The number of rotatable bonds is 5. The van der Waals surface area contributed by atoms with Gasteiger partial charge in [0.2, 0.25) is 5.95 Å². The molecule has 0 aliphatic rings. The topological polar surface area (TPSA) is 56.7 Å². The van der Waals surface area contributed by atoms with E-state index in [1.165, 1.54) is 4.57 Å². The second-order valence-electron chi connectivity index (χ2n) is 11.8. The van der Waals surface area contributed by atoms with Gasteiger partial charge in [-0.05, 0) is 58.6 Å². The van der Waals surface area contributed by atoms with Gasteiger partial charge in [0.05, 0.1) is 23.4 Å². The highest BCUT2D eigenvalue weighted by atomic mass is 16.3. The maximum absolute atomic E-state index is 9.19. The summed E-state index contributed by atoms with van der Waals surface area (Å²) in [5, 5.41) is 2.49. The molecule has 50 heavy (non-hydrogen) atoms. The molecule has 234 valence electrons. The van der Waals surface area contributed by atoms with Crippen molar-refractivity contribution in [3.63, 3.8) is 0 Å². The third kappa shape index (κ3) is 4.67. The second-order valence-corrected chi connectivity index (χ2v) is 11.8. The summed E-state index contributed by atoms with van der Waals surface area (Å²) in [5.74, 6) is 0.572. The van der Waals surface area contributed by atoms with Gasteiger partial charge in [-0.15, -0.1) is 0 Å². The van der Waals surface area contributed by atoms with Crippen LogP contribution in [0.1, 0.15) is 12.3 Å². The molecule has 7 aromatic carbocycles. The maximum Gasteiger partial charge on any atom is 0.238 e. The molecule has 0 saturated heterocycles. The van der Waals surface area contributed by atoms with E-state index in [-0.39, 0.29) is 51.7 Å². The lowest BCUT2D eigenvalue weighted by atomic mass is 10.0. The SMILES string of the molecule is [2H]c1c([2H])c([2H])c(-c2ccc3c4c([2H])c([2H])c([2H])c([2H])c4n(-c4nc(-c5cccc(-c6ccccc6)c5)nc(-c5ccc6c(c5)oc5ccccc56)n4)c3c2)c([2H])c1[2H]. The molecule has 0 bridgehead atoms. The molecule has 3 heterocycles. The number of hydrogen-bond donors (Lipinski definition) is 0. The van der Waals surface area contributed by atoms with Crippen LogP contribution in [-0.4, -0.2) is 19.5 Å². The summed E-state index contributed by atoms with van der Waals surface area (Å²) in [6.45, 7) is 0. The molecule has 3 aromatic heterocycles. The van der Waals surface area contributed by atoms with Crippen molar-refractivity contribution in [2.75, 3.05) is 0 Å². The fourth-order valence-corrected chi connectivity index (χ4v) is 6.53. The molecule has 10 aromatic rings. The molecule has 0 aliphatic carbocycles. The summed E-state index contributed by atoms with van der Waals surface area (Å²) in [6.07, 6.45) is 0. The predicted octanol–water partition coefficient (Wildman–Crippen LogP) is 11.5. The molecule has 0 aliphatic heterocycles. The normalized spacial score (nSPS) is 14.1. The van der Waals surface area contributed by atoms with Gasteiger partial charge in [0.25, 0.3) is 0 Å². The van der Waals surface area contributed by atoms with E-state index in [2.05, 4.69) is 0 Å². The van der Waals surface area contributed by atoms with E-state index < -0.39 is 42.3 Å². The number of hydrogen-bond acceptors (Lipinski definition) is 4. The Bertz CT molecular complexity index is 3370. The summed E-state index contributed by atoms with van der Waals surface area (Å²) in [7, 11) is 0. The van der Waals surface area contributed by atoms with Crippen LogP contribution in [0.25, 0.3) is 94.7 Å². The molecule has 10 rings (SSSR count). The molecule has 0 spiro atoms. The van der Waals surface area contributed by atoms with Crippen molar-refractivity contribution < 1.29 is 16.8 Å². The first-order valence-corrected chi connectivity index (χ1v) is 16.0. The van der Waals surface area contributed by atoms with E-state index in [0.29, 0.717) is 27.6 Å². The van der Waals surface area contributed by atoms with E-state index in [1.54, 1.807) is 18.2 Å². The van der Waals surface area contributed by atoms with Crippen molar-refractivity contribution in [3.05, 3.63) is 170 Å². The minimum Gasteiger partial charge on any atom is -0.456 e. The Morgan fingerprint density at radius 3 is 1.96 bits per heavy atom. The van der Waals surface area contributed by atoms with E-state index in [1.807, 2.05) is 97.1 Å². The van der Waals surface area contributed by atoms with Crippen molar-refractivity contribution in [2.45, 2.75) is 0 Å². The van der Waals surface area contributed by atoms with Crippen LogP contribution in [0.4, 0.5) is 0 Å². The Balaban J connectivity index is 1.30. The fraction of sp³-hybridized carbons (Fsp3) is 0. The lowest BCUT2D eigenvalue weighted by Gasteiger charge is -2.12. The Morgan fingerprint density at radius 2 is 1.08 bits per heavy atom. The lowest BCUT2D eigenvalue weighted by Crippen LogP contribution is -2.06. The smallest absolute Gasteiger partial charge is 0.238 e. The average Bonchev–Trinajstić information content (AvgIpc) is 3.82. The minimum atomic E-state index is -0.523. The van der Waals surface area contributed by atoms with E-state index in [4.69, 9.17) is 30.3 Å². The Labute approximate surface area is 300 Å². The van der Waals surface area contributed by atoms with Crippen molar-refractivity contribution in [3.8, 4) is 51.0 Å². The Kier molecular flexibility index (Phi) is 4.67. The minimum absolute atomic E-state index is 0.0306. The third-order valence-electron chi connectivity index (χ3n) is 8.88. The molecule has 0 amide bonds. The zero-order chi connectivity index (χ0) is 40.9. The van der Waals surface area contributed by atoms with Gasteiger partial charge in [0, 0.05) is 32.7 Å². The molecule has 0 fully saturated rings. The van der Waals surface area contributed by atoms with Crippen molar-refractivity contribution in [1.29, 1.82) is 0 Å². The van der Waals surface area contributed by atoms with Gasteiger partial charge in [-0.2, -0.15) is 9.97 Å². The van der Waals surface area contributed by atoms with Crippen LogP contribution >= 0.6 is 0 Å². The van der Waals surface area contributed by atoms with Crippen LogP contribution in [0.5, 0.6) is 0 Å². The van der Waals surface area contributed by atoms with Crippen LogP contribution in [0.15, 0.2) is 174 Å². The molecule has 0 atom stereocenters. The quantitative estimate of drug-likeness (QED) is 0.186. The standard InChI is InChI=1S/C45H28N4O/c1-3-12-29(13-4-1)31-16-11-17-33(26-31)43-46-44(34-23-25-38-37-19-8-10-21-41(37)50-42(38)28-34)48-45(47-43)49-39-20-9-7-18-35(39)36-24-22-32(27-40(36)49)30-14-5-2-6-15-30/h1-28H/i2D,5D,6D,7D,9D,14D,15D,18D,20D. The largest absolute Gasteiger partial charge is 0.456 e. The van der Waals surface area contributed by atoms with E-state index >= 15 is 0 Å². The number of para-hydroxylation sites is 2. The first-order chi connectivity index (χ1) is 28.5. The van der Waals surface area contributed by atoms with Crippen molar-refractivity contribution in [2.24, 2.45) is 0 Å². The monoisotopic (exact) mass is 649 g/mol. The summed E-state index contributed by atoms with van der Waals surface area (Å²) in [5.41, 5.74) is 5.16. The van der Waals surface area contributed by atoms with Crippen LogP contribution in [0, 0.1) is 0 Å². The Hall–Kier alpha value is -6.85. The number of nitrogens with zero attached hydrogens (tertiary/aromatic N) is 4. The van der Waals surface area contributed by atoms with Crippen LogP contribution in [-0.2, 0) is 0 Å². The van der Waals surface area contributed by atoms with Gasteiger partial charge in [0.1, 0.15) is 11.2 Å². The summed E-state index contributed by atoms with van der Waals surface area (Å²) < 4.78 is 85.5. The highest BCUT2D eigenvalue weighted by Crippen LogP contribution is 2.36. The second kappa shape index (κ2) is 11.4. The van der Waals surface area contributed by atoms with Crippen LogP contribution < -0.4 is 0 Å². The van der Waals surface area contributed by atoms with Crippen LogP contribution in [0.3, 0.4) is 0 Å². The van der Waals surface area contributed by atoms with Gasteiger partial charge in [-0.1, -0.05) is 133 Å². The molecule has 0 unspecified atom stereocenters. The Morgan fingerprint density at radius 1 is 0.420 bits per heavy atom. The molecule has 0 radical (unpaired) electrons. The maximum atomic E-state index is 9.19. The van der Waals surface area contributed by atoms with Gasteiger partial charge in [-0.3, -0.25) is 4.57 Å². The van der Waals surface area contributed by atoms with Gasteiger partial charge < -0.3 is 4.42 Å². The molecule has 0 saturated carbocycles. The highest BCUT2D eigenvalue weighted by molar-refractivity contribution is 6.10. The predicted molar refractivity (Wildman–Crippen MR) is 203 cm³/mol. The molecular weight excluding hydrogens is 613 g/mol. The van der Waals surface area contributed by atoms with Gasteiger partial charge in [-0.25, -0.2) is 4.98 Å². The zero-order valence-corrected chi connectivity index (χ0v) is 26.2. The first-order valence-electron chi connectivity index (χ1n) is 20.5. The lowest BCUT2D eigenvalue weighted by molar-refractivity contribution is 0.669. The van der Waals surface area contributed by atoms with Crippen molar-refractivity contribution in [1.82, 2.24) is 19.5 Å². The first kappa shape index (κ1) is 20.5. The van der Waals surface area contributed by atoms with Gasteiger partial charge in [0.15, 0.2) is 11.6 Å². The fourth-order valence-electron chi connectivity index (χ4n) is 6.53. The number of aromatic nitrogens is 4. The summed E-state index contributed by atoms with van der Waals surface area (Å²) >= 11 is 0. The number of furan rings is 1. The van der Waals surface area contributed by atoms with Crippen LogP contribution in [0.2, 0.25) is 0 Å². The third-order valence-corrected chi connectivity index (χ3v) is 8.88. The molecule has 5 heteroatoms. The molecule has 5 nitrogen and oxygen atoms in total. The number of fused-ring (bicyclic) bond motifs is 6. The number of benzene rings is 7. The summed E-state index contributed by atoms with van der Waals surface area (Å²) in [4.78, 5) is 15.0. The molecular formula is C45H28N4O. The van der Waals surface area contributed by atoms with Crippen molar-refractivity contribution >= 4 is 43.7 Å².